The third-order valence-electron chi connectivity index (χ3n) is 34.4. The Hall–Kier alpha value is 4.34. The van der Waals surface area contributed by atoms with Crippen LogP contribution >= 0.6 is 0 Å². The molecule has 0 unspecified atom stereocenters. The molecule has 10 heterocycles. The lowest BCUT2D eigenvalue weighted by Crippen LogP contribution is -3.29. The molecule has 0 aromatic rings. The van der Waals surface area contributed by atoms with Gasteiger partial charge in [-0.1, -0.05) is 363 Å². The van der Waals surface area contributed by atoms with E-state index >= 15 is 0 Å². The highest BCUT2D eigenvalue weighted by atomic mass is 31.5. The summed E-state index contributed by atoms with van der Waals surface area (Å²) in [5.74, 6) is 0. The maximum Gasteiger partial charge on any atom is 0.0353 e. The first-order valence-electron chi connectivity index (χ1n) is 34.1. The molecule has 10 aliphatic heterocycles. The maximum absolute atomic E-state index is 3.66. The van der Waals surface area contributed by atoms with Crippen molar-refractivity contribution in [2.45, 2.75) is 363 Å². The van der Waals surface area contributed by atoms with Crippen LogP contribution in [0.5, 0.6) is 0 Å². The van der Waals surface area contributed by atoms with Gasteiger partial charge in [0.25, 0.3) is 0 Å². The Kier molecular flexibility index (Phi) is 14.0. The highest BCUT2D eigenvalue weighted by Gasteiger charge is 3.51. The van der Waals surface area contributed by atoms with Crippen molar-refractivity contribution in [3.05, 3.63) is 0 Å². The smallest absolute Gasteiger partial charge is 0.0353 e. The quantitative estimate of drug-likeness (QED) is 0.135. The second-order valence-electron chi connectivity index (χ2n) is 37.9. The molecule has 0 amide bonds. The van der Waals surface area contributed by atoms with Crippen molar-refractivity contribution in [3.63, 3.8) is 0 Å². The minimum Gasteiger partial charge on any atom is -0.0735 e. The predicted molar refractivity (Wildman–Crippen MR) is 404 cm³/mol. The highest BCUT2D eigenvalue weighted by Crippen LogP contribution is 3.17. The molecule has 0 atom stereocenters. The molecule has 0 saturated carbocycles. The van der Waals surface area contributed by atoms with Gasteiger partial charge in [0.2, 0.25) is 0 Å². The Balaban J connectivity index is 1.97. The van der Waals surface area contributed by atoms with Gasteiger partial charge in [-0.3, -0.25) is 0 Å². The lowest BCUT2D eigenvalue weighted by Gasteiger charge is -2.94. The minimum absolute atomic E-state index is 1.14. The third-order valence-corrected chi connectivity index (χ3v) is 1000. The van der Waals surface area contributed by atoms with E-state index in [2.05, 4.69) is 274 Å². The van der Waals surface area contributed by atoms with Crippen LogP contribution in [0.2, 0.25) is 141 Å². The van der Waals surface area contributed by atoms with Gasteiger partial charge in [0, 0.05) is 134 Å². The second-order valence-corrected chi connectivity index (χ2v) is 327. The summed E-state index contributed by atoms with van der Waals surface area (Å²) in [6.07, 6.45) is -14.7. The van der Waals surface area contributed by atoms with Crippen LogP contribution in [0.3, 0.4) is 0 Å². The zero-order valence-corrected chi connectivity index (χ0v) is 79.2. The van der Waals surface area contributed by atoms with Gasteiger partial charge in [0.05, 0.1) is 0 Å². The van der Waals surface area contributed by atoms with Crippen LogP contribution in [0.15, 0.2) is 0 Å². The summed E-state index contributed by atoms with van der Waals surface area (Å²) in [4.78, 5) is 0. The van der Waals surface area contributed by atoms with Gasteiger partial charge in [-0.25, -0.2) is 0 Å². The van der Waals surface area contributed by atoms with Crippen molar-refractivity contribution in [2.24, 2.45) is 0 Å². The largest absolute Gasteiger partial charge is 0.0735 e. The topological polar surface area (TPSA) is 0 Å². The van der Waals surface area contributed by atoms with E-state index in [1.54, 1.807) is 0 Å². The van der Waals surface area contributed by atoms with Gasteiger partial charge in [0.1, 0.15) is 0 Å². The summed E-state index contributed by atoms with van der Waals surface area (Å²) < 4.78 is 0. The Morgan fingerprint density at radius 3 is 0.211 bits per heavy atom. The van der Waals surface area contributed by atoms with Crippen LogP contribution in [0.25, 0.3) is 0 Å². The molecule has 0 aromatic heterocycles. The molecule has 10 fully saturated rings. The number of hydrogen-bond acceptors (Lipinski definition) is 0. The molecule has 10 rings (SSSR count). The molecular formula is C56H136Si20. The van der Waals surface area contributed by atoms with E-state index in [4.69, 9.17) is 0 Å². The van der Waals surface area contributed by atoms with Crippen molar-refractivity contribution in [2.75, 3.05) is 0 Å². The zero-order valence-electron chi connectivity index (χ0n) is 59.2. The molecule has 20 heteroatoms. The van der Waals surface area contributed by atoms with E-state index in [0.29, 0.717) is 0 Å². The molecule has 8 spiro atoms. The van der Waals surface area contributed by atoms with Crippen molar-refractivity contribution in [1.82, 2.24) is 0 Å². The molecule has 440 valence electrons. The lowest BCUT2D eigenvalue weighted by atomic mass is 10.5. The summed E-state index contributed by atoms with van der Waals surface area (Å²) in [6.45, 7) is 134. The van der Waals surface area contributed by atoms with Crippen LogP contribution in [-0.2, 0) is 0 Å². The molecule has 0 radical (unpaired) electrons. The summed E-state index contributed by atoms with van der Waals surface area (Å²) >= 11 is 0. The average molecular weight is 1370 g/mol. The van der Waals surface area contributed by atoms with E-state index in [9.17, 15) is 0 Å². The Bertz CT molecular complexity index is 2180. The van der Waals surface area contributed by atoms with Crippen LogP contribution in [0.4, 0.5) is 0 Å². The van der Waals surface area contributed by atoms with Gasteiger partial charge >= 0.3 is 0 Å². The molecule has 0 aliphatic carbocycles. The van der Waals surface area contributed by atoms with E-state index < -0.39 is 134 Å². The second kappa shape index (κ2) is 16.4. The Labute approximate surface area is 491 Å². The summed E-state index contributed by atoms with van der Waals surface area (Å²) in [5, 5.41) is 0. The number of rotatable bonds is 16. The molecule has 0 aromatic carbocycles. The lowest BCUT2D eigenvalue weighted by molar-refractivity contribution is 0.929. The molecule has 10 aliphatic rings. The fourth-order valence-corrected chi connectivity index (χ4v) is 3290. The van der Waals surface area contributed by atoms with Crippen LogP contribution in [0.1, 0.15) is 222 Å². The Morgan fingerprint density at radius 2 is 0.171 bits per heavy atom. The van der Waals surface area contributed by atoms with Gasteiger partial charge in [0.15, 0.2) is 0 Å². The third kappa shape index (κ3) is 3.86. The molecule has 10 saturated heterocycles. The first-order valence-corrected chi connectivity index (χ1v) is 107. The van der Waals surface area contributed by atoms with Crippen molar-refractivity contribution < 1.29 is 0 Å². The maximum atomic E-state index is 3.66. The summed E-state index contributed by atoms with van der Waals surface area (Å²) in [7, 11) is -22.7. The Morgan fingerprint density at radius 1 is 0.118 bits per heavy atom. The fourth-order valence-electron chi connectivity index (χ4n) is 42.4. The van der Waals surface area contributed by atoms with Crippen molar-refractivity contribution in [3.8, 4) is 0 Å². The monoisotopic (exact) mass is 1370 g/mol. The van der Waals surface area contributed by atoms with Crippen LogP contribution < -0.4 is 0 Å². The molecule has 0 nitrogen and oxygen atoms in total. The SMILES string of the molecule is CC(C)[Si]1(C(C)C)[Si](C)(C)[Si](C(C)C)(C(C)C)[Si]23[Si]14[Si]15[Si](C(C)C)(C(C)C)[Si](C)(C)[Si](C(C)C)(C(C)C)[Si]41[Si]14[Si](C(C)C)(C(C)C)[Si](C)(C)[Si](C(C)C)(C(C)C)[Si]12[Si]41[Si](C(C)C)(C(C)C)[Si](C)(C)[Si](C(C)C)(C(C)C)[Si]153. The van der Waals surface area contributed by atoms with Crippen LogP contribution in [-0.4, -0.2) is 134 Å². The normalized spacial score (nSPS) is 42.6. The van der Waals surface area contributed by atoms with Gasteiger partial charge < -0.3 is 0 Å². The van der Waals surface area contributed by atoms with Gasteiger partial charge in [-0.2, -0.15) is 0 Å². The van der Waals surface area contributed by atoms with E-state index in [0.717, 1.165) is 88.7 Å². The first kappa shape index (κ1) is 64.8. The van der Waals surface area contributed by atoms with E-state index in [1.165, 1.54) is 0 Å². The molecule has 0 N–H and O–H groups in total. The number of hydrogen-bond donors (Lipinski definition) is 0. The fraction of sp³-hybridized carbons (Fsp3) is 1.00. The average Bonchev–Trinajstić information content (AvgIpc) is 3.64. The standard InChI is InChI=1S/C56H136Si20/c1-41(2)61(42(3)4)57(33,34)63(45(9)10,46(11)12)71-69(61)73-65(49(17)18,50(19)20)59(37,38)67(53(25)26,54(27)28)75(69,73)76-68(55(29)30,56(31)32)60(39,40)66(51(21)22,52(23)24)74(71,76)70(76)62(43(5)6,44(7)8)58(35,36)64(47(13)14,48(15)16)72(70,71)73/h41-56H,1-40H3. The summed E-state index contributed by atoms with van der Waals surface area (Å²) in [5.41, 5.74) is 18.3. The van der Waals surface area contributed by atoms with E-state index in [1.807, 2.05) is 0 Å². The highest BCUT2D eigenvalue weighted by molar-refractivity contribution is 9.18. The summed E-state index contributed by atoms with van der Waals surface area (Å²) in [6, 6.07) is 0. The predicted octanol–water partition coefficient (Wildman–Crippen LogP) is 18.9. The van der Waals surface area contributed by atoms with E-state index in [-0.39, 0.29) is 0 Å². The molecule has 76 heavy (non-hydrogen) atoms. The van der Waals surface area contributed by atoms with Gasteiger partial charge in [-0.15, -0.1) is 0 Å². The van der Waals surface area contributed by atoms with Crippen molar-refractivity contribution in [1.29, 1.82) is 0 Å². The zero-order chi connectivity index (χ0) is 59.2. The van der Waals surface area contributed by atoms with Crippen LogP contribution in [0, 0.1) is 0 Å². The van der Waals surface area contributed by atoms with Gasteiger partial charge in [-0.05, 0) is 0 Å². The van der Waals surface area contributed by atoms with Crippen molar-refractivity contribution >= 4 is 134 Å². The molecule has 0 bridgehead atoms. The first-order chi connectivity index (χ1) is 34.1. The minimum atomic E-state index is -1.94. The molecular weight excluding hydrogens is 1230 g/mol.